The molecule has 0 bridgehead atoms. The maximum Gasteiger partial charge on any atom is 0.408 e. The first-order valence-electron chi connectivity index (χ1n) is 29.8. The maximum atomic E-state index is 13.4. The van der Waals surface area contributed by atoms with Gasteiger partial charge in [-0.25, -0.2) is 9.59 Å². The number of fused-ring (bicyclic) bond motifs is 5. The molecule has 4 fully saturated rings. The SMILES string of the molecule is CCCCCCCC/C=C\CCCCCCCCOCC(CN1CCCCC1)OCCOC(=O)C(NC(=O)O[C@H]1CC[C@@]2(C)C(=CCC3[C@@H]2CC[C@]2(C)C([C@@H](C)CCCC(C)C)CC[C@@H]32)C1)C(C)C. The van der Waals surface area contributed by atoms with Gasteiger partial charge >= 0.3 is 12.1 Å². The Morgan fingerprint density at radius 3 is 2.16 bits per heavy atom. The van der Waals surface area contributed by atoms with Crippen LogP contribution in [0.4, 0.5) is 4.79 Å². The zero-order valence-electron chi connectivity index (χ0n) is 46.2. The molecule has 0 aromatic carbocycles. The van der Waals surface area contributed by atoms with Crippen LogP contribution in [-0.4, -0.2) is 81.3 Å². The lowest BCUT2D eigenvalue weighted by Gasteiger charge is -2.58. The minimum absolute atomic E-state index is 0.0705. The van der Waals surface area contributed by atoms with Gasteiger partial charge in [0.05, 0.1) is 19.3 Å². The topological polar surface area (TPSA) is 86.3 Å². The number of amides is 1. The van der Waals surface area contributed by atoms with Crippen molar-refractivity contribution in [3.63, 3.8) is 0 Å². The summed E-state index contributed by atoms with van der Waals surface area (Å²) < 4.78 is 24.4. The highest BCUT2D eigenvalue weighted by Gasteiger charge is 2.59. The van der Waals surface area contributed by atoms with Gasteiger partial charge in [0.25, 0.3) is 0 Å². The number of nitrogens with zero attached hydrogens (tertiary/aromatic N) is 1. The smallest absolute Gasteiger partial charge is 0.408 e. The summed E-state index contributed by atoms with van der Waals surface area (Å²) in [7, 11) is 0. The molecule has 1 saturated heterocycles. The van der Waals surface area contributed by atoms with Crippen molar-refractivity contribution in [3.8, 4) is 0 Å². The molecule has 1 aliphatic heterocycles. The Kier molecular flexibility index (Phi) is 26.0. The Morgan fingerprint density at radius 2 is 1.46 bits per heavy atom. The fraction of sp³-hybridized carbons (Fsp3) is 0.902. The van der Waals surface area contributed by atoms with Crippen LogP contribution in [0.15, 0.2) is 23.8 Å². The first-order chi connectivity index (χ1) is 33.4. The molecule has 1 amide bonds. The number of rotatable bonds is 33. The number of nitrogens with one attached hydrogen (secondary N) is 1. The largest absolute Gasteiger partial charge is 0.462 e. The molecule has 5 aliphatic rings. The van der Waals surface area contributed by atoms with Crippen LogP contribution in [0.3, 0.4) is 0 Å². The van der Waals surface area contributed by atoms with Crippen LogP contribution in [0.2, 0.25) is 0 Å². The number of carbonyl (C=O) groups excluding carboxylic acids is 2. The third kappa shape index (κ3) is 18.5. The molecule has 0 spiro atoms. The van der Waals surface area contributed by atoms with E-state index in [1.165, 1.54) is 160 Å². The fourth-order valence-electron chi connectivity index (χ4n) is 14.3. The number of likely N-dealkylation sites (tertiary alicyclic amines) is 1. The molecule has 5 rings (SSSR count). The van der Waals surface area contributed by atoms with E-state index < -0.39 is 18.1 Å². The van der Waals surface area contributed by atoms with Crippen LogP contribution >= 0.6 is 0 Å². The van der Waals surface area contributed by atoms with Gasteiger partial charge in [0.2, 0.25) is 0 Å². The fourth-order valence-corrected chi connectivity index (χ4v) is 14.3. The Hall–Kier alpha value is -1.90. The summed E-state index contributed by atoms with van der Waals surface area (Å²) in [6.07, 6.45) is 42.1. The van der Waals surface area contributed by atoms with E-state index in [1.807, 2.05) is 13.8 Å². The summed E-state index contributed by atoms with van der Waals surface area (Å²) in [4.78, 5) is 29.4. The van der Waals surface area contributed by atoms with E-state index in [2.05, 4.69) is 70.0 Å². The van der Waals surface area contributed by atoms with Gasteiger partial charge in [-0.2, -0.15) is 0 Å². The summed E-state index contributed by atoms with van der Waals surface area (Å²) in [6, 6.07) is -0.783. The minimum Gasteiger partial charge on any atom is -0.462 e. The van der Waals surface area contributed by atoms with Crippen LogP contribution in [0.5, 0.6) is 0 Å². The van der Waals surface area contributed by atoms with Crippen molar-refractivity contribution in [2.75, 3.05) is 46.1 Å². The molecular formula is C61H108N2O6. The minimum atomic E-state index is -0.783. The average molecular weight is 966 g/mol. The van der Waals surface area contributed by atoms with Gasteiger partial charge in [-0.1, -0.05) is 163 Å². The number of allylic oxidation sites excluding steroid dienone is 3. The number of carbonyl (C=O) groups is 2. The lowest BCUT2D eigenvalue weighted by Crippen LogP contribution is -2.51. The van der Waals surface area contributed by atoms with Gasteiger partial charge in [0.15, 0.2) is 0 Å². The lowest BCUT2D eigenvalue weighted by molar-refractivity contribution is -0.150. The second-order valence-electron chi connectivity index (χ2n) is 24.5. The highest BCUT2D eigenvalue weighted by Crippen LogP contribution is 2.67. The summed E-state index contributed by atoms with van der Waals surface area (Å²) in [5, 5.41) is 2.91. The molecule has 3 saturated carbocycles. The van der Waals surface area contributed by atoms with Gasteiger partial charge in [-0.3, -0.25) is 0 Å². The first-order valence-corrected chi connectivity index (χ1v) is 29.8. The summed E-state index contributed by atoms with van der Waals surface area (Å²) >= 11 is 0. The molecule has 0 aromatic heterocycles. The van der Waals surface area contributed by atoms with Crippen molar-refractivity contribution < 1.29 is 28.5 Å². The van der Waals surface area contributed by atoms with E-state index in [4.69, 9.17) is 18.9 Å². The van der Waals surface area contributed by atoms with Gasteiger partial charge in [-0.05, 0) is 155 Å². The zero-order chi connectivity index (χ0) is 49.5. The number of hydrogen-bond acceptors (Lipinski definition) is 7. The monoisotopic (exact) mass is 965 g/mol. The van der Waals surface area contributed by atoms with Crippen LogP contribution in [-0.2, 0) is 23.7 Å². The second-order valence-corrected chi connectivity index (χ2v) is 24.5. The van der Waals surface area contributed by atoms with Crippen molar-refractivity contribution in [1.82, 2.24) is 10.2 Å². The molecule has 1 heterocycles. The van der Waals surface area contributed by atoms with E-state index >= 15 is 0 Å². The van der Waals surface area contributed by atoms with E-state index in [9.17, 15) is 9.59 Å². The number of hydrogen-bond donors (Lipinski definition) is 1. The molecular weight excluding hydrogens is 857 g/mol. The normalized spacial score (nSPS) is 28.5. The molecule has 8 nitrogen and oxygen atoms in total. The molecule has 0 aromatic rings. The van der Waals surface area contributed by atoms with Crippen molar-refractivity contribution in [1.29, 1.82) is 0 Å². The zero-order valence-corrected chi connectivity index (χ0v) is 46.2. The standard InChI is InChI=1S/C61H108N2O6/c1-9-10-11-12-13-14-15-16-17-18-19-20-21-22-23-27-41-66-46-52(45-63-39-25-24-26-40-63)67-42-43-68-58(64)57(48(4)5)62-59(65)69-51-35-37-60(7)50(44-51)31-32-53-55-34-33-54(49(6)30-28-29-47(2)3)61(55,8)38-36-56(53)60/h16-17,31,47-49,51-57H,9-15,18-30,32-46H2,1-8H3,(H,62,65)/b17-16-/t49-,51-,52?,53?,54?,55-,56-,57?,60-,61+/m0/s1. The molecule has 4 aliphatic carbocycles. The Morgan fingerprint density at radius 1 is 0.768 bits per heavy atom. The average Bonchev–Trinajstić information content (AvgIpc) is 3.69. The van der Waals surface area contributed by atoms with Crippen LogP contribution in [0.1, 0.15) is 235 Å². The van der Waals surface area contributed by atoms with Gasteiger partial charge < -0.3 is 29.2 Å². The highest BCUT2D eigenvalue weighted by atomic mass is 16.6. The van der Waals surface area contributed by atoms with E-state index in [0.717, 1.165) is 87.4 Å². The van der Waals surface area contributed by atoms with Gasteiger partial charge in [-0.15, -0.1) is 0 Å². The van der Waals surface area contributed by atoms with Crippen LogP contribution in [0.25, 0.3) is 0 Å². The van der Waals surface area contributed by atoms with E-state index in [-0.39, 0.29) is 30.1 Å². The molecule has 69 heavy (non-hydrogen) atoms. The van der Waals surface area contributed by atoms with Crippen molar-refractivity contribution in [2.45, 2.75) is 253 Å². The number of ether oxygens (including phenoxy) is 4. The summed E-state index contributed by atoms with van der Waals surface area (Å²) in [5.41, 5.74) is 2.18. The molecule has 4 unspecified atom stereocenters. The quantitative estimate of drug-likeness (QED) is 0.0398. The summed E-state index contributed by atoms with van der Waals surface area (Å²) in [5.74, 6) is 4.25. The number of unbranched alkanes of at least 4 members (excludes halogenated alkanes) is 12. The van der Waals surface area contributed by atoms with Crippen molar-refractivity contribution in [3.05, 3.63) is 23.8 Å². The van der Waals surface area contributed by atoms with Crippen LogP contribution < -0.4 is 5.32 Å². The van der Waals surface area contributed by atoms with E-state index in [1.54, 1.807) is 0 Å². The lowest BCUT2D eigenvalue weighted by atomic mass is 9.47. The molecule has 8 heteroatoms. The summed E-state index contributed by atoms with van der Waals surface area (Å²) in [6.45, 7) is 23.4. The predicted molar refractivity (Wildman–Crippen MR) is 286 cm³/mol. The van der Waals surface area contributed by atoms with Gasteiger partial charge in [0.1, 0.15) is 18.8 Å². The molecule has 398 valence electrons. The third-order valence-corrected chi connectivity index (χ3v) is 18.4. The van der Waals surface area contributed by atoms with Crippen molar-refractivity contribution >= 4 is 12.1 Å². The number of esters is 1. The third-order valence-electron chi connectivity index (χ3n) is 18.4. The van der Waals surface area contributed by atoms with Gasteiger partial charge in [0, 0.05) is 19.6 Å². The number of piperidine rings is 1. The maximum absolute atomic E-state index is 13.4. The number of alkyl carbamates (subject to hydrolysis) is 1. The predicted octanol–water partition coefficient (Wildman–Crippen LogP) is 15.6. The molecule has 1 N–H and O–H groups in total. The second kappa shape index (κ2) is 31.0. The Labute approximate surface area is 424 Å². The molecule has 10 atom stereocenters. The Balaban J connectivity index is 0.974. The highest BCUT2D eigenvalue weighted by molar-refractivity contribution is 5.81. The molecule has 0 radical (unpaired) electrons. The van der Waals surface area contributed by atoms with Crippen LogP contribution in [0, 0.1) is 52.3 Å². The Bertz CT molecular complexity index is 1510. The van der Waals surface area contributed by atoms with E-state index in [0.29, 0.717) is 18.6 Å². The first kappa shape index (κ1) is 58.0. The van der Waals surface area contributed by atoms with Crippen molar-refractivity contribution in [2.24, 2.45) is 52.3 Å².